The van der Waals surface area contributed by atoms with E-state index in [0.717, 1.165) is 0 Å². The Hall–Kier alpha value is -3.62. The molecule has 3 N–H and O–H groups in total. The predicted molar refractivity (Wildman–Crippen MR) is 109 cm³/mol. The number of ketones is 1. The number of carbonyl (C=O) groups excluding carboxylic acids is 1. The van der Waals surface area contributed by atoms with Crippen LogP contribution in [0.5, 0.6) is 0 Å². The third-order valence-corrected chi connectivity index (χ3v) is 4.88. The van der Waals surface area contributed by atoms with Crippen LogP contribution in [0.2, 0.25) is 0 Å². The molecule has 146 valence electrons. The van der Waals surface area contributed by atoms with Gasteiger partial charge < -0.3 is 5.11 Å². The molecule has 8 heteroatoms. The fourth-order valence-corrected chi connectivity index (χ4v) is 2.98. The lowest BCUT2D eigenvalue weighted by atomic mass is 10.1. The van der Waals surface area contributed by atoms with Crippen molar-refractivity contribution in [1.29, 1.82) is 0 Å². The second-order valence-corrected chi connectivity index (χ2v) is 7.56. The third-order valence-electron chi connectivity index (χ3n) is 3.95. The summed E-state index contributed by atoms with van der Waals surface area (Å²) in [5.74, 6) is -0.818. The molecule has 0 aromatic heterocycles. The Kier molecular flexibility index (Phi) is 5.96. The Morgan fingerprint density at radius 1 is 0.793 bits per heavy atom. The number of benzene rings is 3. The molecule has 0 saturated heterocycles. The molecule has 0 bridgehead atoms. The van der Waals surface area contributed by atoms with E-state index in [9.17, 15) is 18.3 Å². The van der Waals surface area contributed by atoms with Crippen LogP contribution in [0.3, 0.4) is 0 Å². The molecule has 7 nitrogen and oxygen atoms in total. The summed E-state index contributed by atoms with van der Waals surface area (Å²) in [5, 5.41) is 23.7. The molecule has 0 fully saturated rings. The van der Waals surface area contributed by atoms with Crippen molar-refractivity contribution in [3.8, 4) is 0 Å². The number of hydrogen-bond donors (Lipinski definition) is 2. The van der Waals surface area contributed by atoms with Crippen LogP contribution in [0, 0.1) is 0 Å². The van der Waals surface area contributed by atoms with Gasteiger partial charge in [-0.25, -0.2) is 13.6 Å². The van der Waals surface area contributed by atoms with Gasteiger partial charge in [0.25, 0.3) is 0 Å². The van der Waals surface area contributed by atoms with E-state index in [0.29, 0.717) is 11.1 Å². The van der Waals surface area contributed by atoms with Crippen molar-refractivity contribution >= 4 is 27.3 Å². The second-order valence-electron chi connectivity index (χ2n) is 6.00. The van der Waals surface area contributed by atoms with Crippen molar-refractivity contribution in [2.75, 3.05) is 0 Å². The number of aliphatic hydroxyl groups excluding tert-OH is 1. The lowest BCUT2D eigenvalue weighted by molar-refractivity contribution is 0.103. The zero-order valence-corrected chi connectivity index (χ0v) is 16.0. The standard InChI is InChI=1S/C21H17N3O4S/c22-29(27,28)18-13-11-17(12-14-18)23-24-19(20(25)15-7-3-1-4-8-15)21(26)16-9-5-2-6-10-16/h1-14,25H,(H2,22,27,28)/b20-19+,24-23?. The van der Waals surface area contributed by atoms with E-state index in [4.69, 9.17) is 5.14 Å². The smallest absolute Gasteiger partial charge is 0.238 e. The molecule has 0 unspecified atom stereocenters. The molecule has 3 aromatic rings. The van der Waals surface area contributed by atoms with Crippen molar-refractivity contribution < 1.29 is 18.3 Å². The highest BCUT2D eigenvalue weighted by molar-refractivity contribution is 7.89. The largest absolute Gasteiger partial charge is 0.505 e. The summed E-state index contributed by atoms with van der Waals surface area (Å²) in [6.45, 7) is 0. The van der Waals surface area contributed by atoms with Crippen LogP contribution in [-0.2, 0) is 10.0 Å². The predicted octanol–water partition coefficient (Wildman–Crippen LogP) is 4.23. The summed E-state index contributed by atoms with van der Waals surface area (Å²) in [4.78, 5) is 12.8. The van der Waals surface area contributed by atoms with Crippen LogP contribution in [0.15, 0.2) is 106 Å². The van der Waals surface area contributed by atoms with Gasteiger partial charge in [0.1, 0.15) is 0 Å². The third kappa shape index (κ3) is 5.01. The van der Waals surface area contributed by atoms with Gasteiger partial charge in [-0.1, -0.05) is 60.7 Å². The van der Waals surface area contributed by atoms with Gasteiger partial charge in [0.15, 0.2) is 11.5 Å². The summed E-state index contributed by atoms with van der Waals surface area (Å²) >= 11 is 0. The molecule has 0 heterocycles. The average molecular weight is 407 g/mol. The topological polar surface area (TPSA) is 122 Å². The van der Waals surface area contributed by atoms with Crippen molar-refractivity contribution in [2.24, 2.45) is 15.4 Å². The summed E-state index contributed by atoms with van der Waals surface area (Å²) in [6.07, 6.45) is 0. The Bertz CT molecular complexity index is 1170. The Morgan fingerprint density at radius 2 is 1.31 bits per heavy atom. The van der Waals surface area contributed by atoms with Gasteiger partial charge in [-0.3, -0.25) is 4.79 Å². The molecule has 0 aliphatic heterocycles. The zero-order chi connectivity index (χ0) is 20.9. The van der Waals surface area contributed by atoms with Crippen LogP contribution >= 0.6 is 0 Å². The minimum absolute atomic E-state index is 0.0697. The van der Waals surface area contributed by atoms with E-state index in [1.165, 1.54) is 24.3 Å². The molecule has 0 amide bonds. The maximum Gasteiger partial charge on any atom is 0.238 e. The highest BCUT2D eigenvalue weighted by Gasteiger charge is 2.18. The van der Waals surface area contributed by atoms with Crippen molar-refractivity contribution in [3.63, 3.8) is 0 Å². The first kappa shape index (κ1) is 20.1. The van der Waals surface area contributed by atoms with Gasteiger partial charge in [-0.2, -0.15) is 5.11 Å². The van der Waals surface area contributed by atoms with Crippen molar-refractivity contribution in [3.05, 3.63) is 102 Å². The van der Waals surface area contributed by atoms with E-state index in [1.54, 1.807) is 60.7 Å². The van der Waals surface area contributed by atoms with E-state index in [2.05, 4.69) is 10.2 Å². The highest BCUT2D eigenvalue weighted by Crippen LogP contribution is 2.23. The number of hydrogen-bond acceptors (Lipinski definition) is 6. The molecule has 0 saturated carbocycles. The molecule has 3 rings (SSSR count). The number of allylic oxidation sites excluding steroid dienone is 1. The molecular formula is C21H17N3O4S. The number of azo groups is 1. The number of carbonyl (C=O) groups is 1. The maximum atomic E-state index is 12.9. The number of aliphatic hydroxyl groups is 1. The Morgan fingerprint density at radius 3 is 1.83 bits per heavy atom. The monoisotopic (exact) mass is 407 g/mol. The molecule has 29 heavy (non-hydrogen) atoms. The van der Waals surface area contributed by atoms with Gasteiger partial charge >= 0.3 is 0 Å². The summed E-state index contributed by atoms with van der Waals surface area (Å²) in [6, 6.07) is 22.3. The first-order valence-corrected chi connectivity index (χ1v) is 10.0. The van der Waals surface area contributed by atoms with Gasteiger partial charge in [0, 0.05) is 11.1 Å². The first-order chi connectivity index (χ1) is 13.9. The number of nitrogens with two attached hydrogens (primary N) is 1. The summed E-state index contributed by atoms with van der Waals surface area (Å²) in [5.41, 5.74) is 0.804. The van der Waals surface area contributed by atoms with Gasteiger partial charge in [-0.15, -0.1) is 5.11 Å². The summed E-state index contributed by atoms with van der Waals surface area (Å²) in [7, 11) is -3.83. The van der Waals surface area contributed by atoms with E-state index >= 15 is 0 Å². The molecule has 0 spiro atoms. The van der Waals surface area contributed by atoms with Crippen LogP contribution in [0.25, 0.3) is 5.76 Å². The molecule has 0 radical (unpaired) electrons. The lowest BCUT2D eigenvalue weighted by Crippen LogP contribution is -2.11. The van der Waals surface area contributed by atoms with Crippen LogP contribution in [-0.4, -0.2) is 19.3 Å². The summed E-state index contributed by atoms with van der Waals surface area (Å²) < 4.78 is 22.7. The zero-order valence-electron chi connectivity index (χ0n) is 15.1. The van der Waals surface area contributed by atoms with Gasteiger partial charge in [-0.05, 0) is 24.3 Å². The normalized spacial score (nSPS) is 12.6. The van der Waals surface area contributed by atoms with Gasteiger partial charge in [0.05, 0.1) is 10.6 Å². The molecular weight excluding hydrogens is 390 g/mol. The molecule has 0 aliphatic carbocycles. The molecule has 0 atom stereocenters. The van der Waals surface area contributed by atoms with E-state index < -0.39 is 15.8 Å². The van der Waals surface area contributed by atoms with Crippen molar-refractivity contribution in [2.45, 2.75) is 4.90 Å². The van der Waals surface area contributed by atoms with Crippen LogP contribution in [0.4, 0.5) is 5.69 Å². The molecule has 3 aromatic carbocycles. The number of rotatable bonds is 6. The number of sulfonamides is 1. The van der Waals surface area contributed by atoms with E-state index in [1.807, 2.05) is 0 Å². The second kappa shape index (κ2) is 8.59. The Labute approximate surface area is 167 Å². The first-order valence-electron chi connectivity index (χ1n) is 8.49. The Balaban J connectivity index is 2.02. The van der Waals surface area contributed by atoms with Crippen LogP contribution < -0.4 is 5.14 Å². The number of nitrogens with zero attached hydrogens (tertiary/aromatic N) is 2. The van der Waals surface area contributed by atoms with Crippen molar-refractivity contribution in [1.82, 2.24) is 0 Å². The number of primary sulfonamides is 1. The number of Topliss-reactive ketones (excluding diaryl/α,β-unsaturated/α-hetero) is 1. The maximum absolute atomic E-state index is 12.9. The highest BCUT2D eigenvalue weighted by atomic mass is 32.2. The average Bonchev–Trinajstić information content (AvgIpc) is 2.74. The minimum atomic E-state index is -3.83. The quantitative estimate of drug-likeness (QED) is 0.275. The van der Waals surface area contributed by atoms with Crippen LogP contribution in [0.1, 0.15) is 15.9 Å². The fraction of sp³-hybridized carbons (Fsp3) is 0. The fourth-order valence-electron chi connectivity index (χ4n) is 2.47. The minimum Gasteiger partial charge on any atom is -0.505 e. The molecule has 0 aliphatic rings. The van der Waals surface area contributed by atoms with Gasteiger partial charge in [0.2, 0.25) is 15.8 Å². The SMILES string of the molecule is NS(=O)(=O)c1ccc(N=N/C(C(=O)c2ccccc2)=C(/O)c2ccccc2)cc1. The lowest BCUT2D eigenvalue weighted by Gasteiger charge is -2.06. The van der Waals surface area contributed by atoms with E-state index in [-0.39, 0.29) is 22.0 Å².